The van der Waals surface area contributed by atoms with E-state index < -0.39 is 6.29 Å². The van der Waals surface area contributed by atoms with Crippen LogP contribution in [0.5, 0.6) is 0 Å². The summed E-state index contributed by atoms with van der Waals surface area (Å²) in [4.78, 5) is 8.36. The molecule has 0 spiro atoms. The van der Waals surface area contributed by atoms with E-state index in [2.05, 4.69) is 6.92 Å². The van der Waals surface area contributed by atoms with Crippen molar-refractivity contribution in [2.45, 2.75) is 38.9 Å². The fraction of sp³-hybridized carbons (Fsp3) is 0.857. The topological polar surface area (TPSA) is 77.8 Å². The van der Waals surface area contributed by atoms with Gasteiger partial charge >= 0.3 is 0 Å². The van der Waals surface area contributed by atoms with E-state index in [-0.39, 0.29) is 6.47 Å². The van der Waals surface area contributed by atoms with Crippen LogP contribution in [-0.2, 0) is 4.79 Å². The Morgan fingerprint density at radius 3 is 2.09 bits per heavy atom. The van der Waals surface area contributed by atoms with Gasteiger partial charge in [-0.15, -0.1) is 0 Å². The Morgan fingerprint density at radius 2 is 1.82 bits per heavy atom. The number of hydrogen-bond acceptors (Lipinski definition) is 3. The molecular weight excluding hydrogens is 148 g/mol. The summed E-state index contributed by atoms with van der Waals surface area (Å²) in [6, 6.07) is 0. The van der Waals surface area contributed by atoms with Gasteiger partial charge in [0.15, 0.2) is 6.29 Å². The van der Waals surface area contributed by atoms with Crippen LogP contribution >= 0.6 is 0 Å². The van der Waals surface area contributed by atoms with Crippen LogP contribution in [0.4, 0.5) is 0 Å². The lowest BCUT2D eigenvalue weighted by Gasteiger charge is -1.99. The fourth-order valence-electron chi connectivity index (χ4n) is 0.577. The summed E-state index contributed by atoms with van der Waals surface area (Å²) in [5.41, 5.74) is 0. The molecule has 0 saturated heterocycles. The Bertz CT molecular complexity index is 72.8. The van der Waals surface area contributed by atoms with Crippen molar-refractivity contribution in [3.8, 4) is 0 Å². The number of carbonyl (C=O) groups is 1. The lowest BCUT2D eigenvalue weighted by Crippen LogP contribution is -2.02. The highest BCUT2D eigenvalue weighted by molar-refractivity contribution is 5.32. The zero-order chi connectivity index (χ0) is 9.11. The predicted molar refractivity (Wildman–Crippen MR) is 41.1 cm³/mol. The predicted octanol–water partition coefficient (Wildman–Crippen LogP) is 0.578. The third-order valence-corrected chi connectivity index (χ3v) is 1.07. The Labute approximate surface area is 66.5 Å². The van der Waals surface area contributed by atoms with Gasteiger partial charge in [-0.05, 0) is 12.8 Å². The summed E-state index contributed by atoms with van der Waals surface area (Å²) in [7, 11) is 0. The molecule has 0 rings (SSSR count). The molecule has 0 fully saturated rings. The van der Waals surface area contributed by atoms with E-state index in [1.165, 1.54) is 0 Å². The van der Waals surface area contributed by atoms with Gasteiger partial charge in [0.1, 0.15) is 0 Å². The summed E-state index contributed by atoms with van der Waals surface area (Å²) >= 11 is 0. The highest BCUT2D eigenvalue weighted by Crippen LogP contribution is 1.99. The largest absolute Gasteiger partial charge is 0.483 e. The van der Waals surface area contributed by atoms with E-state index in [4.69, 9.17) is 20.1 Å². The molecular formula is C7H16O4. The normalized spacial score (nSPS) is 8.73. The van der Waals surface area contributed by atoms with Gasteiger partial charge in [0.05, 0.1) is 0 Å². The van der Waals surface area contributed by atoms with E-state index in [9.17, 15) is 0 Å². The maximum Gasteiger partial charge on any atom is 0.290 e. The second kappa shape index (κ2) is 12.1. The maximum atomic E-state index is 8.36. The molecule has 68 valence electrons. The Hall–Kier alpha value is -0.610. The molecule has 0 atom stereocenters. The van der Waals surface area contributed by atoms with Gasteiger partial charge in [-0.3, -0.25) is 4.79 Å². The van der Waals surface area contributed by atoms with Crippen LogP contribution in [-0.4, -0.2) is 28.1 Å². The molecule has 0 saturated carbocycles. The van der Waals surface area contributed by atoms with Crippen molar-refractivity contribution < 1.29 is 20.1 Å². The molecule has 0 aliphatic rings. The number of aliphatic hydroxyl groups excluding tert-OH is 1. The molecule has 0 bridgehead atoms. The maximum absolute atomic E-state index is 8.36. The monoisotopic (exact) mass is 164 g/mol. The van der Waals surface area contributed by atoms with Crippen molar-refractivity contribution in [2.75, 3.05) is 0 Å². The van der Waals surface area contributed by atoms with Gasteiger partial charge in [-0.25, -0.2) is 0 Å². The molecule has 0 aromatic heterocycles. The van der Waals surface area contributed by atoms with Crippen LogP contribution < -0.4 is 0 Å². The van der Waals surface area contributed by atoms with E-state index in [1.807, 2.05) is 0 Å². The van der Waals surface area contributed by atoms with E-state index in [0.717, 1.165) is 19.3 Å². The molecule has 0 heterocycles. The molecule has 0 aliphatic carbocycles. The van der Waals surface area contributed by atoms with Crippen LogP contribution in [0.2, 0.25) is 0 Å². The number of rotatable bonds is 4. The van der Waals surface area contributed by atoms with Crippen molar-refractivity contribution in [2.24, 2.45) is 0 Å². The number of hydrogen-bond donors (Lipinski definition) is 3. The highest BCUT2D eigenvalue weighted by atomic mass is 16.5. The molecule has 4 nitrogen and oxygen atoms in total. The smallest absolute Gasteiger partial charge is 0.290 e. The first-order valence-corrected chi connectivity index (χ1v) is 3.63. The van der Waals surface area contributed by atoms with E-state index in [0.29, 0.717) is 6.42 Å². The van der Waals surface area contributed by atoms with Crippen molar-refractivity contribution in [1.82, 2.24) is 0 Å². The van der Waals surface area contributed by atoms with E-state index >= 15 is 0 Å². The Morgan fingerprint density at radius 1 is 1.36 bits per heavy atom. The van der Waals surface area contributed by atoms with Crippen LogP contribution in [0, 0.1) is 0 Å². The zero-order valence-corrected chi connectivity index (χ0v) is 6.73. The standard InChI is InChI=1S/C6H14O2.CH2O2/c1-2-3-4-5-6(7)8;2-1-3/h6-8H,2-5H2,1H3;1H,(H,2,3). The average molecular weight is 164 g/mol. The van der Waals surface area contributed by atoms with Gasteiger partial charge in [-0.2, -0.15) is 0 Å². The lowest BCUT2D eigenvalue weighted by molar-refractivity contribution is -0.122. The molecule has 11 heavy (non-hydrogen) atoms. The number of aliphatic hydroxyl groups is 2. The minimum atomic E-state index is -1.10. The minimum absolute atomic E-state index is 0.250. The van der Waals surface area contributed by atoms with Gasteiger partial charge in [0, 0.05) is 0 Å². The molecule has 0 aromatic rings. The van der Waals surface area contributed by atoms with Crippen LogP contribution in [0.25, 0.3) is 0 Å². The highest BCUT2D eigenvalue weighted by Gasteiger charge is 1.93. The summed E-state index contributed by atoms with van der Waals surface area (Å²) in [6.07, 6.45) is 2.58. The van der Waals surface area contributed by atoms with Gasteiger partial charge in [0.2, 0.25) is 0 Å². The quantitative estimate of drug-likeness (QED) is 0.322. The Kier molecular flexibility index (Phi) is 14.3. The molecule has 3 N–H and O–H groups in total. The first-order valence-electron chi connectivity index (χ1n) is 3.63. The average Bonchev–Trinajstić information content (AvgIpc) is 1.89. The SMILES string of the molecule is CCCCCC(O)O.O=CO. The van der Waals surface area contributed by atoms with Gasteiger partial charge < -0.3 is 15.3 Å². The fourth-order valence-corrected chi connectivity index (χ4v) is 0.577. The third kappa shape index (κ3) is 26.6. The Balaban J connectivity index is 0. The third-order valence-electron chi connectivity index (χ3n) is 1.07. The second-order valence-electron chi connectivity index (χ2n) is 2.08. The van der Waals surface area contributed by atoms with Crippen LogP contribution in [0.1, 0.15) is 32.6 Å². The first-order chi connectivity index (χ1) is 5.18. The van der Waals surface area contributed by atoms with Crippen LogP contribution in [0.15, 0.2) is 0 Å². The summed E-state index contributed by atoms with van der Waals surface area (Å²) in [6.45, 7) is 1.84. The summed E-state index contributed by atoms with van der Waals surface area (Å²) in [5, 5.41) is 23.6. The van der Waals surface area contributed by atoms with Crippen molar-refractivity contribution in [3.63, 3.8) is 0 Å². The minimum Gasteiger partial charge on any atom is -0.483 e. The second-order valence-corrected chi connectivity index (χ2v) is 2.08. The summed E-state index contributed by atoms with van der Waals surface area (Å²) in [5.74, 6) is 0. The molecule has 0 amide bonds. The molecule has 0 unspecified atom stereocenters. The summed E-state index contributed by atoms with van der Waals surface area (Å²) < 4.78 is 0. The lowest BCUT2D eigenvalue weighted by atomic mass is 10.2. The zero-order valence-electron chi connectivity index (χ0n) is 6.73. The van der Waals surface area contributed by atoms with E-state index in [1.54, 1.807) is 0 Å². The molecule has 0 aliphatic heterocycles. The number of carboxylic acid groups (broad SMARTS) is 1. The first kappa shape index (κ1) is 13.0. The van der Waals surface area contributed by atoms with Crippen molar-refractivity contribution in [1.29, 1.82) is 0 Å². The van der Waals surface area contributed by atoms with Crippen molar-refractivity contribution in [3.05, 3.63) is 0 Å². The van der Waals surface area contributed by atoms with Gasteiger partial charge in [0.25, 0.3) is 6.47 Å². The molecule has 0 aromatic carbocycles. The van der Waals surface area contributed by atoms with Crippen LogP contribution in [0.3, 0.4) is 0 Å². The molecule has 0 radical (unpaired) electrons. The number of unbranched alkanes of at least 4 members (excludes halogenated alkanes) is 2. The van der Waals surface area contributed by atoms with Gasteiger partial charge in [-0.1, -0.05) is 19.8 Å². The van der Waals surface area contributed by atoms with Crippen molar-refractivity contribution >= 4 is 6.47 Å². The molecule has 4 heteroatoms.